The number of hydrogen-bond donors (Lipinski definition) is 2. The lowest BCUT2D eigenvalue weighted by Gasteiger charge is -2.06. The first-order valence-corrected chi connectivity index (χ1v) is 7.61. The predicted octanol–water partition coefficient (Wildman–Crippen LogP) is 1.68. The summed E-state index contributed by atoms with van der Waals surface area (Å²) in [5.74, 6) is -2.82. The van der Waals surface area contributed by atoms with E-state index >= 15 is 0 Å². The van der Waals surface area contributed by atoms with Crippen molar-refractivity contribution < 1.29 is 24.2 Å². The van der Waals surface area contributed by atoms with Crippen molar-refractivity contribution in [3.8, 4) is 0 Å². The Balaban J connectivity index is 1.81. The molecule has 1 heterocycles. The molecule has 0 radical (unpaired) electrons. The van der Waals surface area contributed by atoms with E-state index in [0.717, 1.165) is 29.7 Å². The van der Waals surface area contributed by atoms with Crippen molar-refractivity contribution in [3.63, 3.8) is 0 Å². The molecule has 0 bridgehead atoms. The van der Waals surface area contributed by atoms with Crippen molar-refractivity contribution in [1.82, 2.24) is 0 Å². The molecule has 1 amide bonds. The van der Waals surface area contributed by atoms with Gasteiger partial charge < -0.3 is 15.2 Å². The predicted molar refractivity (Wildman–Crippen MR) is 75.5 cm³/mol. The maximum absolute atomic E-state index is 12.1. The number of aryl methyl sites for hydroxylation is 1. The van der Waals surface area contributed by atoms with Crippen LogP contribution in [0.1, 0.15) is 33.6 Å². The van der Waals surface area contributed by atoms with Gasteiger partial charge in [0.2, 0.25) is 5.91 Å². The molecule has 0 saturated heterocycles. The molecule has 1 aromatic rings. The van der Waals surface area contributed by atoms with Gasteiger partial charge in [0.15, 0.2) is 0 Å². The average molecular weight is 309 g/mol. The first-order chi connectivity index (χ1) is 10.0. The summed E-state index contributed by atoms with van der Waals surface area (Å²) in [4.78, 5) is 35.9. The molecule has 0 aliphatic heterocycles. The SMILES string of the molecule is COC(=O)c1c(NC(=O)C2CC2C(=O)O)sc2c1CCC2. The highest BCUT2D eigenvalue weighted by atomic mass is 32.1. The number of hydrogen-bond acceptors (Lipinski definition) is 5. The van der Waals surface area contributed by atoms with Gasteiger partial charge in [0.25, 0.3) is 0 Å². The molecule has 112 valence electrons. The van der Waals surface area contributed by atoms with Crippen molar-refractivity contribution in [2.75, 3.05) is 12.4 Å². The molecule has 2 atom stereocenters. The molecular formula is C14H15NO5S. The molecule has 1 aromatic heterocycles. The Bertz CT molecular complexity index is 636. The standard InChI is InChI=1S/C14H15NO5S/c1-20-14(19)10-6-3-2-4-9(6)21-12(10)15-11(16)7-5-8(7)13(17)18/h7-8H,2-5H2,1H3,(H,15,16)(H,17,18). The maximum Gasteiger partial charge on any atom is 0.341 e. The second-order valence-electron chi connectivity index (χ2n) is 5.33. The first kappa shape index (κ1) is 14.1. The zero-order valence-corrected chi connectivity index (χ0v) is 12.3. The van der Waals surface area contributed by atoms with E-state index in [-0.39, 0.29) is 5.91 Å². The minimum absolute atomic E-state index is 0.326. The third-order valence-electron chi connectivity index (χ3n) is 3.99. The van der Waals surface area contributed by atoms with Crippen molar-refractivity contribution in [2.24, 2.45) is 11.8 Å². The molecule has 0 spiro atoms. The second-order valence-corrected chi connectivity index (χ2v) is 6.43. The van der Waals surface area contributed by atoms with E-state index in [2.05, 4.69) is 5.32 Å². The molecule has 1 fully saturated rings. The van der Waals surface area contributed by atoms with Crippen LogP contribution in [0, 0.1) is 11.8 Å². The zero-order valence-electron chi connectivity index (χ0n) is 11.5. The lowest BCUT2D eigenvalue weighted by Crippen LogP contribution is -2.18. The van der Waals surface area contributed by atoms with Crippen LogP contribution in [0.5, 0.6) is 0 Å². The molecule has 2 aliphatic rings. The Kier molecular flexibility index (Phi) is 3.44. The average Bonchev–Trinajstić information content (AvgIpc) is 3.03. The summed E-state index contributed by atoms with van der Waals surface area (Å²) in [6.45, 7) is 0. The van der Waals surface area contributed by atoms with Crippen molar-refractivity contribution in [1.29, 1.82) is 0 Å². The lowest BCUT2D eigenvalue weighted by atomic mass is 10.1. The van der Waals surface area contributed by atoms with Gasteiger partial charge in [-0.2, -0.15) is 0 Å². The van der Waals surface area contributed by atoms with E-state index in [1.54, 1.807) is 0 Å². The molecule has 1 saturated carbocycles. The van der Waals surface area contributed by atoms with Gasteiger partial charge in [0, 0.05) is 4.88 Å². The number of ether oxygens (including phenoxy) is 1. The fourth-order valence-corrected chi connectivity index (χ4v) is 4.05. The molecule has 21 heavy (non-hydrogen) atoms. The van der Waals surface area contributed by atoms with Crippen molar-refractivity contribution in [2.45, 2.75) is 25.7 Å². The van der Waals surface area contributed by atoms with E-state index in [1.807, 2.05) is 0 Å². The van der Waals surface area contributed by atoms with Gasteiger partial charge in [-0.05, 0) is 31.2 Å². The monoisotopic (exact) mass is 309 g/mol. The van der Waals surface area contributed by atoms with Crippen LogP contribution in [0.3, 0.4) is 0 Å². The number of methoxy groups -OCH3 is 1. The van der Waals surface area contributed by atoms with Gasteiger partial charge in [-0.3, -0.25) is 9.59 Å². The third-order valence-corrected chi connectivity index (χ3v) is 5.20. The van der Waals surface area contributed by atoms with Crippen molar-refractivity contribution >= 4 is 34.2 Å². The Labute approximate surface area is 125 Å². The number of thiophene rings is 1. The molecule has 3 rings (SSSR count). The number of carboxylic acids is 1. The van der Waals surface area contributed by atoms with Gasteiger partial charge in [-0.1, -0.05) is 0 Å². The number of carbonyl (C=O) groups is 3. The number of amides is 1. The molecule has 0 aromatic carbocycles. The highest BCUT2D eigenvalue weighted by Crippen LogP contribution is 2.43. The number of nitrogens with one attached hydrogen (secondary N) is 1. The fourth-order valence-electron chi connectivity index (χ4n) is 2.77. The number of carbonyl (C=O) groups excluding carboxylic acids is 2. The van der Waals surface area contributed by atoms with Crippen LogP contribution in [0.2, 0.25) is 0 Å². The summed E-state index contributed by atoms with van der Waals surface area (Å²) in [6, 6.07) is 0. The normalized spacial score (nSPS) is 22.5. The van der Waals surface area contributed by atoms with Gasteiger partial charge in [-0.15, -0.1) is 11.3 Å². The number of anilines is 1. The van der Waals surface area contributed by atoms with Crippen LogP contribution in [-0.4, -0.2) is 30.1 Å². The highest BCUT2D eigenvalue weighted by Gasteiger charge is 2.48. The third kappa shape index (κ3) is 2.42. The van der Waals surface area contributed by atoms with Crippen LogP contribution in [0.15, 0.2) is 0 Å². The van der Waals surface area contributed by atoms with E-state index in [4.69, 9.17) is 9.84 Å². The van der Waals surface area contributed by atoms with Gasteiger partial charge in [0.05, 0.1) is 24.5 Å². The van der Waals surface area contributed by atoms with Crippen LogP contribution in [0.25, 0.3) is 0 Å². The summed E-state index contributed by atoms with van der Waals surface area (Å²) in [6.07, 6.45) is 3.08. The van der Waals surface area contributed by atoms with Crippen LogP contribution >= 0.6 is 11.3 Å². The molecule has 2 unspecified atom stereocenters. The fraction of sp³-hybridized carbons (Fsp3) is 0.500. The maximum atomic E-state index is 12.1. The van der Waals surface area contributed by atoms with Crippen LogP contribution in [-0.2, 0) is 27.2 Å². The zero-order chi connectivity index (χ0) is 15.1. The van der Waals surface area contributed by atoms with E-state index in [9.17, 15) is 14.4 Å². The summed E-state index contributed by atoms with van der Waals surface area (Å²) < 4.78 is 4.80. The Morgan fingerprint density at radius 2 is 2.05 bits per heavy atom. The smallest absolute Gasteiger partial charge is 0.341 e. The topological polar surface area (TPSA) is 92.7 Å². The van der Waals surface area contributed by atoms with E-state index in [0.29, 0.717) is 17.0 Å². The number of rotatable bonds is 4. The van der Waals surface area contributed by atoms with Gasteiger partial charge >= 0.3 is 11.9 Å². The number of esters is 1. The summed E-state index contributed by atoms with van der Waals surface area (Å²) in [5.41, 5.74) is 1.41. The Morgan fingerprint density at radius 1 is 1.29 bits per heavy atom. The summed E-state index contributed by atoms with van der Waals surface area (Å²) in [5, 5.41) is 12.1. The molecule has 2 aliphatic carbocycles. The molecule has 2 N–H and O–H groups in total. The quantitative estimate of drug-likeness (QED) is 0.826. The largest absolute Gasteiger partial charge is 0.481 e. The number of carboxylic acid groups (broad SMARTS) is 1. The molecule has 6 nitrogen and oxygen atoms in total. The van der Waals surface area contributed by atoms with Crippen LogP contribution in [0.4, 0.5) is 5.00 Å². The summed E-state index contributed by atoms with van der Waals surface area (Å²) in [7, 11) is 1.31. The second kappa shape index (κ2) is 5.14. The van der Waals surface area contributed by atoms with Gasteiger partial charge in [0.1, 0.15) is 5.00 Å². The number of fused-ring (bicyclic) bond motifs is 1. The first-order valence-electron chi connectivity index (χ1n) is 6.79. The molecular weight excluding hydrogens is 294 g/mol. The Morgan fingerprint density at radius 3 is 2.67 bits per heavy atom. The van der Waals surface area contributed by atoms with Gasteiger partial charge in [-0.25, -0.2) is 4.79 Å². The van der Waals surface area contributed by atoms with Crippen LogP contribution < -0.4 is 5.32 Å². The van der Waals surface area contributed by atoms with E-state index in [1.165, 1.54) is 18.4 Å². The van der Waals surface area contributed by atoms with Crippen molar-refractivity contribution in [3.05, 3.63) is 16.0 Å². The molecule has 7 heteroatoms. The minimum Gasteiger partial charge on any atom is -0.481 e. The lowest BCUT2D eigenvalue weighted by molar-refractivity contribution is -0.139. The highest BCUT2D eigenvalue weighted by molar-refractivity contribution is 7.17. The Hall–Kier alpha value is -1.89. The number of aliphatic carboxylic acids is 1. The minimum atomic E-state index is -0.947. The summed E-state index contributed by atoms with van der Waals surface area (Å²) >= 11 is 1.40. The van der Waals surface area contributed by atoms with E-state index < -0.39 is 23.8 Å².